The predicted octanol–water partition coefficient (Wildman–Crippen LogP) is 4.08. The smallest absolute Gasteiger partial charge is 0.335 e. The average molecular weight is 352 g/mol. The monoisotopic (exact) mass is 351 g/mol. The minimum atomic E-state index is -0.964. The van der Waals surface area contributed by atoms with Crippen LogP contribution in [0.25, 0.3) is 0 Å². The van der Waals surface area contributed by atoms with Crippen molar-refractivity contribution in [1.82, 2.24) is 4.90 Å². The first-order chi connectivity index (χ1) is 11.0. The van der Waals surface area contributed by atoms with Crippen LogP contribution < -0.4 is 0 Å². The van der Waals surface area contributed by atoms with Crippen molar-refractivity contribution in [3.8, 4) is 0 Å². The lowest BCUT2D eigenvalue weighted by atomic mass is 10.0. The molecule has 0 aliphatic heterocycles. The van der Waals surface area contributed by atoms with Gasteiger partial charge in [0.25, 0.3) is 0 Å². The number of carboxylic acids is 1. The number of rotatable bonds is 7. The van der Waals surface area contributed by atoms with Crippen LogP contribution in [-0.2, 0) is 17.8 Å². The van der Waals surface area contributed by atoms with E-state index >= 15 is 0 Å². The highest BCUT2D eigenvalue weighted by molar-refractivity contribution is 7.16. The summed E-state index contributed by atoms with van der Waals surface area (Å²) in [6.07, 6.45) is 0.709. The van der Waals surface area contributed by atoms with E-state index in [4.69, 9.17) is 11.6 Å². The molecule has 122 valence electrons. The maximum Gasteiger partial charge on any atom is 0.335 e. The molecule has 0 spiro atoms. The van der Waals surface area contributed by atoms with Gasteiger partial charge in [0.15, 0.2) is 0 Å². The summed E-state index contributed by atoms with van der Waals surface area (Å²) in [4.78, 5) is 26.4. The lowest BCUT2D eigenvalue weighted by Crippen LogP contribution is -2.30. The molecule has 1 heterocycles. The predicted molar refractivity (Wildman–Crippen MR) is 92.1 cm³/mol. The van der Waals surface area contributed by atoms with Crippen LogP contribution in [0.2, 0.25) is 4.34 Å². The molecule has 0 aliphatic carbocycles. The van der Waals surface area contributed by atoms with E-state index < -0.39 is 5.97 Å². The lowest BCUT2D eigenvalue weighted by molar-refractivity contribution is -0.131. The molecule has 2 aromatic rings. The average Bonchev–Trinajstić information content (AvgIpc) is 2.95. The number of carbonyl (C=O) groups excluding carboxylic acids is 1. The van der Waals surface area contributed by atoms with Crippen LogP contribution in [0.3, 0.4) is 0 Å². The van der Waals surface area contributed by atoms with Crippen molar-refractivity contribution in [2.24, 2.45) is 0 Å². The normalized spacial score (nSPS) is 10.5. The molecular weight excluding hydrogens is 334 g/mol. The number of aromatic carboxylic acids is 1. The number of hydrogen-bond acceptors (Lipinski definition) is 3. The van der Waals surface area contributed by atoms with Crippen LogP contribution in [0, 0.1) is 0 Å². The van der Waals surface area contributed by atoms with Crippen molar-refractivity contribution < 1.29 is 14.7 Å². The fourth-order valence-corrected chi connectivity index (χ4v) is 3.45. The molecule has 0 saturated carbocycles. The van der Waals surface area contributed by atoms with E-state index in [1.165, 1.54) is 11.3 Å². The zero-order valence-corrected chi connectivity index (χ0v) is 14.4. The quantitative estimate of drug-likeness (QED) is 0.817. The molecule has 1 aromatic carbocycles. The van der Waals surface area contributed by atoms with Crippen molar-refractivity contribution in [2.45, 2.75) is 26.3 Å². The minimum absolute atomic E-state index is 0.0113. The molecular formula is C17H18ClNO3S. The van der Waals surface area contributed by atoms with Gasteiger partial charge in [0.1, 0.15) is 0 Å². The SMILES string of the molecule is CCN(Cc1ccc(Cl)s1)C(=O)CCc1ccccc1C(=O)O. The summed E-state index contributed by atoms with van der Waals surface area (Å²) in [5.41, 5.74) is 0.942. The number of thiophene rings is 1. The number of carbonyl (C=O) groups is 2. The summed E-state index contributed by atoms with van der Waals surface area (Å²) in [5.74, 6) is -0.953. The fraction of sp³-hybridized carbons (Fsp3) is 0.294. The third kappa shape index (κ3) is 4.81. The largest absolute Gasteiger partial charge is 0.478 e. The summed E-state index contributed by atoms with van der Waals surface area (Å²) >= 11 is 7.38. The summed E-state index contributed by atoms with van der Waals surface area (Å²) in [5, 5.41) is 9.18. The fourth-order valence-electron chi connectivity index (χ4n) is 2.35. The van der Waals surface area contributed by atoms with E-state index in [1.54, 1.807) is 29.2 Å². The number of nitrogens with zero attached hydrogens (tertiary/aromatic N) is 1. The van der Waals surface area contributed by atoms with E-state index in [9.17, 15) is 14.7 Å². The highest BCUT2D eigenvalue weighted by Gasteiger charge is 2.15. The molecule has 0 saturated heterocycles. The van der Waals surface area contributed by atoms with Crippen molar-refractivity contribution in [1.29, 1.82) is 0 Å². The molecule has 4 nitrogen and oxygen atoms in total. The van der Waals surface area contributed by atoms with Gasteiger partial charge in [-0.05, 0) is 37.1 Å². The van der Waals surface area contributed by atoms with Crippen LogP contribution in [0.15, 0.2) is 36.4 Å². The van der Waals surface area contributed by atoms with E-state index in [1.807, 2.05) is 19.1 Å². The molecule has 0 bridgehead atoms. The zero-order valence-electron chi connectivity index (χ0n) is 12.8. The summed E-state index contributed by atoms with van der Waals surface area (Å²) in [6.45, 7) is 3.07. The summed E-state index contributed by atoms with van der Waals surface area (Å²) in [7, 11) is 0. The highest BCUT2D eigenvalue weighted by atomic mass is 35.5. The Labute approximate surface area is 144 Å². The molecule has 0 aliphatic rings. The lowest BCUT2D eigenvalue weighted by Gasteiger charge is -2.20. The number of aryl methyl sites for hydroxylation is 1. The Balaban J connectivity index is 1.99. The number of amides is 1. The van der Waals surface area contributed by atoms with E-state index in [2.05, 4.69) is 0 Å². The van der Waals surface area contributed by atoms with E-state index in [0.29, 0.717) is 29.4 Å². The molecule has 1 aromatic heterocycles. The van der Waals surface area contributed by atoms with Gasteiger partial charge < -0.3 is 10.0 Å². The molecule has 23 heavy (non-hydrogen) atoms. The Morgan fingerprint density at radius 1 is 1.22 bits per heavy atom. The van der Waals surface area contributed by atoms with Gasteiger partial charge in [-0.1, -0.05) is 29.8 Å². The number of hydrogen-bond donors (Lipinski definition) is 1. The Morgan fingerprint density at radius 2 is 1.96 bits per heavy atom. The Bertz CT molecular complexity index is 699. The van der Waals surface area contributed by atoms with Crippen LogP contribution in [0.1, 0.15) is 34.1 Å². The first-order valence-electron chi connectivity index (χ1n) is 7.34. The van der Waals surface area contributed by atoms with Crippen molar-refractivity contribution in [3.05, 3.63) is 56.7 Å². The van der Waals surface area contributed by atoms with Gasteiger partial charge in [-0.2, -0.15) is 0 Å². The first kappa shape index (κ1) is 17.5. The minimum Gasteiger partial charge on any atom is -0.478 e. The van der Waals surface area contributed by atoms with E-state index in [-0.39, 0.29) is 17.9 Å². The van der Waals surface area contributed by atoms with Crippen LogP contribution in [0.5, 0.6) is 0 Å². The topological polar surface area (TPSA) is 57.6 Å². The first-order valence-corrected chi connectivity index (χ1v) is 8.54. The second-order valence-electron chi connectivity index (χ2n) is 5.08. The maximum absolute atomic E-state index is 12.4. The number of carboxylic acid groups (broad SMARTS) is 1. The van der Waals surface area contributed by atoms with Crippen molar-refractivity contribution in [3.63, 3.8) is 0 Å². The molecule has 0 unspecified atom stereocenters. The Kier molecular flexibility index (Phi) is 6.19. The van der Waals surface area contributed by atoms with Crippen molar-refractivity contribution >= 4 is 34.8 Å². The van der Waals surface area contributed by atoms with Gasteiger partial charge in [-0.25, -0.2) is 4.79 Å². The molecule has 1 amide bonds. The third-order valence-corrected chi connectivity index (χ3v) is 4.78. The highest BCUT2D eigenvalue weighted by Crippen LogP contribution is 2.23. The van der Waals surface area contributed by atoms with Gasteiger partial charge in [0, 0.05) is 17.8 Å². The van der Waals surface area contributed by atoms with Gasteiger partial charge in [-0.15, -0.1) is 11.3 Å². The third-order valence-electron chi connectivity index (χ3n) is 3.57. The second kappa shape index (κ2) is 8.13. The molecule has 1 N–H and O–H groups in total. The van der Waals surface area contributed by atoms with Crippen molar-refractivity contribution in [2.75, 3.05) is 6.54 Å². The van der Waals surface area contributed by atoms with Crippen LogP contribution in [0.4, 0.5) is 0 Å². The Hall–Kier alpha value is -1.85. The Morgan fingerprint density at radius 3 is 2.57 bits per heavy atom. The molecule has 0 fully saturated rings. The molecule has 6 heteroatoms. The van der Waals surface area contributed by atoms with E-state index in [0.717, 1.165) is 4.88 Å². The van der Waals surface area contributed by atoms with Gasteiger partial charge >= 0.3 is 5.97 Å². The maximum atomic E-state index is 12.4. The summed E-state index contributed by atoms with van der Waals surface area (Å²) in [6, 6.07) is 10.5. The zero-order chi connectivity index (χ0) is 16.8. The molecule has 2 rings (SSSR count). The van der Waals surface area contributed by atoms with Gasteiger partial charge in [0.05, 0.1) is 16.4 Å². The van der Waals surface area contributed by atoms with Crippen LogP contribution >= 0.6 is 22.9 Å². The number of benzene rings is 1. The molecule has 0 atom stereocenters. The standard InChI is InChI=1S/C17H18ClNO3S/c1-2-19(11-13-8-9-15(18)23-13)16(20)10-7-12-5-3-4-6-14(12)17(21)22/h3-6,8-9H,2,7,10-11H2,1H3,(H,21,22). The van der Waals surface area contributed by atoms with Gasteiger partial charge in [-0.3, -0.25) is 4.79 Å². The van der Waals surface area contributed by atoms with Crippen LogP contribution in [-0.4, -0.2) is 28.4 Å². The van der Waals surface area contributed by atoms with Gasteiger partial charge in [0.2, 0.25) is 5.91 Å². The number of halogens is 1. The molecule has 0 radical (unpaired) electrons. The summed E-state index contributed by atoms with van der Waals surface area (Å²) < 4.78 is 0.707. The second-order valence-corrected chi connectivity index (χ2v) is 6.88.